The third-order valence-electron chi connectivity index (χ3n) is 5.78. The molecule has 0 spiro atoms. The van der Waals surface area contributed by atoms with Gasteiger partial charge in [0.15, 0.2) is 11.5 Å². The quantitative estimate of drug-likeness (QED) is 0.307. The number of benzene rings is 4. The van der Waals surface area contributed by atoms with Gasteiger partial charge in [-0.25, -0.2) is 0 Å². The van der Waals surface area contributed by atoms with E-state index in [1.165, 1.54) is 0 Å². The van der Waals surface area contributed by atoms with Gasteiger partial charge in [-0.15, -0.1) is 0 Å². The first kappa shape index (κ1) is 21.6. The average Bonchev–Trinajstić information content (AvgIpc) is 3.30. The van der Waals surface area contributed by atoms with Crippen molar-refractivity contribution in [2.24, 2.45) is 0 Å². The van der Waals surface area contributed by atoms with Crippen molar-refractivity contribution < 1.29 is 14.3 Å². The molecule has 4 nitrogen and oxygen atoms in total. The monoisotopic (exact) mass is 477 g/mol. The lowest BCUT2D eigenvalue weighted by Crippen LogP contribution is -2.32. The number of nitrogens with zero attached hydrogens (tertiary/aromatic N) is 1. The molecule has 166 valence electrons. The fraction of sp³-hybridized carbons (Fsp3) is 0.148. The van der Waals surface area contributed by atoms with E-state index in [4.69, 9.17) is 32.7 Å². The van der Waals surface area contributed by atoms with E-state index in [9.17, 15) is 4.79 Å². The maximum atomic E-state index is 13.8. The van der Waals surface area contributed by atoms with Crippen LogP contribution in [0.2, 0.25) is 10.0 Å². The van der Waals surface area contributed by atoms with Crippen LogP contribution in [0, 0.1) is 0 Å². The molecule has 0 fully saturated rings. The molecule has 0 aromatic heterocycles. The number of rotatable bonds is 6. The summed E-state index contributed by atoms with van der Waals surface area (Å²) < 4.78 is 10.9. The van der Waals surface area contributed by atoms with Crippen LogP contribution in [0.3, 0.4) is 0 Å². The van der Waals surface area contributed by atoms with Gasteiger partial charge in [0.1, 0.15) is 0 Å². The SMILES string of the molecule is O=C(c1cccc2ccccc12)N(CCc1ccc(Cl)cc1Cl)Cc1ccc2c(c1)OCO2. The van der Waals surface area contributed by atoms with Gasteiger partial charge in [0, 0.05) is 28.7 Å². The summed E-state index contributed by atoms with van der Waals surface area (Å²) in [4.78, 5) is 15.6. The molecule has 0 radical (unpaired) electrons. The van der Waals surface area contributed by atoms with E-state index in [0.717, 1.165) is 27.6 Å². The predicted octanol–water partition coefficient (Wildman–Crippen LogP) is 6.76. The van der Waals surface area contributed by atoms with Crippen LogP contribution in [0.1, 0.15) is 21.5 Å². The molecule has 1 aliphatic heterocycles. The summed E-state index contributed by atoms with van der Waals surface area (Å²) in [6, 6.07) is 25.0. The highest BCUT2D eigenvalue weighted by Crippen LogP contribution is 2.33. The Kier molecular flexibility index (Phi) is 6.12. The second-order valence-corrected chi connectivity index (χ2v) is 8.77. The lowest BCUT2D eigenvalue weighted by molar-refractivity contribution is 0.0747. The molecule has 5 rings (SSSR count). The summed E-state index contributed by atoms with van der Waals surface area (Å²) >= 11 is 12.4. The average molecular weight is 478 g/mol. The molecule has 0 saturated carbocycles. The fourth-order valence-corrected chi connectivity index (χ4v) is 4.58. The number of hydrogen-bond acceptors (Lipinski definition) is 3. The summed E-state index contributed by atoms with van der Waals surface area (Å²) in [7, 11) is 0. The van der Waals surface area contributed by atoms with Crippen molar-refractivity contribution in [3.63, 3.8) is 0 Å². The molecular formula is C27H21Cl2NO3. The molecule has 0 bridgehead atoms. The molecule has 4 aromatic rings. The molecule has 1 amide bonds. The van der Waals surface area contributed by atoms with Crippen molar-refractivity contribution in [3.05, 3.63) is 106 Å². The predicted molar refractivity (Wildman–Crippen MR) is 131 cm³/mol. The van der Waals surface area contributed by atoms with E-state index >= 15 is 0 Å². The summed E-state index contributed by atoms with van der Waals surface area (Å²) in [5.74, 6) is 1.39. The second kappa shape index (κ2) is 9.34. The van der Waals surface area contributed by atoms with Crippen molar-refractivity contribution in [2.75, 3.05) is 13.3 Å². The standard InChI is InChI=1S/C27H21Cl2NO3/c28-21-10-9-20(24(29)15-21)12-13-30(16-18-8-11-25-26(14-18)33-17-32-25)27(31)23-7-3-5-19-4-1-2-6-22(19)23/h1-11,14-15H,12-13,16-17H2. The number of halogens is 2. The van der Waals surface area contributed by atoms with E-state index in [1.54, 1.807) is 6.07 Å². The van der Waals surface area contributed by atoms with Crippen LogP contribution < -0.4 is 9.47 Å². The molecule has 33 heavy (non-hydrogen) atoms. The van der Waals surface area contributed by atoms with Gasteiger partial charge in [-0.05, 0) is 58.7 Å². The smallest absolute Gasteiger partial charge is 0.254 e. The zero-order valence-corrected chi connectivity index (χ0v) is 19.3. The minimum atomic E-state index is -0.0328. The second-order valence-electron chi connectivity index (χ2n) is 7.93. The first-order chi connectivity index (χ1) is 16.1. The molecule has 1 aliphatic rings. The Morgan fingerprint density at radius 1 is 0.879 bits per heavy atom. The maximum Gasteiger partial charge on any atom is 0.254 e. The molecule has 0 atom stereocenters. The van der Waals surface area contributed by atoms with E-state index in [1.807, 2.05) is 77.7 Å². The lowest BCUT2D eigenvalue weighted by atomic mass is 10.0. The Labute approximate surface area is 202 Å². The van der Waals surface area contributed by atoms with Crippen molar-refractivity contribution in [1.82, 2.24) is 4.90 Å². The molecule has 4 aromatic carbocycles. The van der Waals surface area contributed by atoms with Crippen LogP contribution in [0.4, 0.5) is 0 Å². The highest BCUT2D eigenvalue weighted by atomic mass is 35.5. The summed E-state index contributed by atoms with van der Waals surface area (Å²) in [5.41, 5.74) is 2.59. The summed E-state index contributed by atoms with van der Waals surface area (Å²) in [6.07, 6.45) is 0.608. The Balaban J connectivity index is 1.46. The number of hydrogen-bond donors (Lipinski definition) is 0. The number of ether oxygens (including phenoxy) is 2. The molecule has 0 aliphatic carbocycles. The van der Waals surface area contributed by atoms with Crippen LogP contribution in [0.15, 0.2) is 78.9 Å². The van der Waals surface area contributed by atoms with Gasteiger partial charge < -0.3 is 14.4 Å². The number of carbonyl (C=O) groups excluding carboxylic acids is 1. The van der Waals surface area contributed by atoms with Gasteiger partial charge in [-0.3, -0.25) is 4.79 Å². The molecule has 0 saturated heterocycles. The normalized spacial score (nSPS) is 12.2. The van der Waals surface area contributed by atoms with Crippen LogP contribution in [-0.4, -0.2) is 24.1 Å². The van der Waals surface area contributed by atoms with Gasteiger partial charge in [0.2, 0.25) is 6.79 Å². The van der Waals surface area contributed by atoms with Crippen molar-refractivity contribution in [3.8, 4) is 11.5 Å². The van der Waals surface area contributed by atoms with Gasteiger partial charge >= 0.3 is 0 Å². The van der Waals surface area contributed by atoms with Crippen LogP contribution >= 0.6 is 23.2 Å². The van der Waals surface area contributed by atoms with Crippen LogP contribution in [-0.2, 0) is 13.0 Å². The Morgan fingerprint density at radius 2 is 1.70 bits per heavy atom. The van der Waals surface area contributed by atoms with Crippen LogP contribution in [0.25, 0.3) is 10.8 Å². The molecular weight excluding hydrogens is 457 g/mol. The van der Waals surface area contributed by atoms with Gasteiger partial charge in [-0.2, -0.15) is 0 Å². The molecule has 6 heteroatoms. The third-order valence-corrected chi connectivity index (χ3v) is 6.37. The number of amides is 1. The van der Waals surface area contributed by atoms with Crippen molar-refractivity contribution in [1.29, 1.82) is 0 Å². The fourth-order valence-electron chi connectivity index (χ4n) is 4.07. The number of carbonyl (C=O) groups is 1. The highest BCUT2D eigenvalue weighted by molar-refractivity contribution is 6.35. The third kappa shape index (κ3) is 4.63. The van der Waals surface area contributed by atoms with E-state index in [0.29, 0.717) is 40.9 Å². The Hall–Kier alpha value is -3.21. The molecule has 0 N–H and O–H groups in total. The molecule has 0 unspecified atom stereocenters. The highest BCUT2D eigenvalue weighted by Gasteiger charge is 2.21. The lowest BCUT2D eigenvalue weighted by Gasteiger charge is -2.24. The van der Waals surface area contributed by atoms with E-state index in [2.05, 4.69) is 0 Å². The Bertz CT molecular complexity index is 1330. The minimum absolute atomic E-state index is 0.0328. The first-order valence-corrected chi connectivity index (χ1v) is 11.4. The zero-order valence-electron chi connectivity index (χ0n) is 17.8. The topological polar surface area (TPSA) is 38.8 Å². The minimum Gasteiger partial charge on any atom is -0.454 e. The zero-order chi connectivity index (χ0) is 22.8. The van der Waals surface area contributed by atoms with Crippen molar-refractivity contribution in [2.45, 2.75) is 13.0 Å². The van der Waals surface area contributed by atoms with Gasteiger partial charge in [-0.1, -0.05) is 71.7 Å². The largest absolute Gasteiger partial charge is 0.454 e. The van der Waals surface area contributed by atoms with Gasteiger partial charge in [0.05, 0.1) is 0 Å². The van der Waals surface area contributed by atoms with E-state index < -0.39 is 0 Å². The number of fused-ring (bicyclic) bond motifs is 2. The Morgan fingerprint density at radius 3 is 2.58 bits per heavy atom. The van der Waals surface area contributed by atoms with E-state index in [-0.39, 0.29) is 12.7 Å². The first-order valence-electron chi connectivity index (χ1n) is 10.7. The van der Waals surface area contributed by atoms with Gasteiger partial charge in [0.25, 0.3) is 5.91 Å². The van der Waals surface area contributed by atoms with Crippen LogP contribution in [0.5, 0.6) is 11.5 Å². The maximum absolute atomic E-state index is 13.8. The van der Waals surface area contributed by atoms with Crippen molar-refractivity contribution >= 4 is 39.9 Å². The summed E-state index contributed by atoms with van der Waals surface area (Å²) in [5, 5.41) is 3.16. The molecule has 1 heterocycles. The summed E-state index contributed by atoms with van der Waals surface area (Å²) in [6.45, 7) is 1.15.